The van der Waals surface area contributed by atoms with Crippen molar-refractivity contribution < 1.29 is 4.39 Å². The molecule has 3 heteroatoms. The summed E-state index contributed by atoms with van der Waals surface area (Å²) in [5, 5.41) is 0. The molecular weight excluding hydrogens is 203 g/mol. The summed E-state index contributed by atoms with van der Waals surface area (Å²) in [6.45, 7) is 0.426. The predicted molar refractivity (Wildman–Crippen MR) is 61.3 cm³/mol. The molecule has 0 aliphatic carbocycles. The van der Waals surface area contributed by atoms with Crippen LogP contribution in [-0.4, -0.2) is 4.98 Å². The van der Waals surface area contributed by atoms with Crippen LogP contribution in [0.1, 0.15) is 16.7 Å². The minimum Gasteiger partial charge on any atom is -0.326 e. The highest BCUT2D eigenvalue weighted by atomic mass is 19.1. The summed E-state index contributed by atoms with van der Waals surface area (Å²) in [6.07, 6.45) is 4.17. The largest absolute Gasteiger partial charge is 0.326 e. The number of benzene rings is 1. The van der Waals surface area contributed by atoms with Crippen molar-refractivity contribution in [3.8, 4) is 0 Å². The van der Waals surface area contributed by atoms with Crippen LogP contribution in [0.2, 0.25) is 0 Å². The van der Waals surface area contributed by atoms with Crippen LogP contribution in [0.15, 0.2) is 42.7 Å². The Labute approximate surface area is 93.9 Å². The molecule has 0 unspecified atom stereocenters. The fourth-order valence-electron chi connectivity index (χ4n) is 1.68. The van der Waals surface area contributed by atoms with E-state index >= 15 is 0 Å². The van der Waals surface area contributed by atoms with E-state index in [2.05, 4.69) is 4.98 Å². The van der Waals surface area contributed by atoms with Crippen LogP contribution in [0.5, 0.6) is 0 Å². The van der Waals surface area contributed by atoms with Crippen LogP contribution in [0.4, 0.5) is 4.39 Å². The van der Waals surface area contributed by atoms with E-state index in [0.717, 1.165) is 16.7 Å². The first-order chi connectivity index (χ1) is 7.79. The van der Waals surface area contributed by atoms with E-state index in [1.807, 2.05) is 12.1 Å². The third kappa shape index (κ3) is 2.44. The zero-order valence-corrected chi connectivity index (χ0v) is 8.86. The minimum absolute atomic E-state index is 0.226. The lowest BCUT2D eigenvalue weighted by atomic mass is 10.0. The fraction of sp³-hybridized carbons (Fsp3) is 0.154. The van der Waals surface area contributed by atoms with Crippen molar-refractivity contribution in [2.24, 2.45) is 5.73 Å². The zero-order chi connectivity index (χ0) is 11.4. The molecule has 1 aromatic carbocycles. The maximum absolute atomic E-state index is 13.1. The van der Waals surface area contributed by atoms with Crippen LogP contribution < -0.4 is 5.73 Å². The molecule has 0 saturated heterocycles. The summed E-state index contributed by atoms with van der Waals surface area (Å²) >= 11 is 0. The maximum Gasteiger partial charge on any atom is 0.123 e. The number of hydrogen-bond acceptors (Lipinski definition) is 2. The number of nitrogens with two attached hydrogens (primary N) is 1. The van der Waals surface area contributed by atoms with E-state index in [1.165, 1.54) is 12.1 Å². The Balaban J connectivity index is 2.30. The van der Waals surface area contributed by atoms with Crippen molar-refractivity contribution >= 4 is 0 Å². The van der Waals surface area contributed by atoms with Crippen LogP contribution in [0.3, 0.4) is 0 Å². The van der Waals surface area contributed by atoms with Gasteiger partial charge in [-0.3, -0.25) is 4.98 Å². The highest BCUT2D eigenvalue weighted by molar-refractivity contribution is 5.32. The van der Waals surface area contributed by atoms with Gasteiger partial charge in [0.05, 0.1) is 0 Å². The van der Waals surface area contributed by atoms with Gasteiger partial charge in [0.25, 0.3) is 0 Å². The molecule has 2 nitrogen and oxygen atoms in total. The van der Waals surface area contributed by atoms with Gasteiger partial charge in [0.15, 0.2) is 0 Å². The molecule has 2 aromatic rings. The van der Waals surface area contributed by atoms with Crippen LogP contribution in [0, 0.1) is 5.82 Å². The van der Waals surface area contributed by atoms with Gasteiger partial charge in [-0.2, -0.15) is 0 Å². The van der Waals surface area contributed by atoms with Crippen LogP contribution in [-0.2, 0) is 13.0 Å². The first-order valence-electron chi connectivity index (χ1n) is 5.16. The van der Waals surface area contributed by atoms with Gasteiger partial charge in [-0.25, -0.2) is 4.39 Å². The number of hydrogen-bond donors (Lipinski definition) is 1. The number of nitrogens with zero attached hydrogens (tertiary/aromatic N) is 1. The van der Waals surface area contributed by atoms with E-state index < -0.39 is 0 Å². The number of rotatable bonds is 3. The van der Waals surface area contributed by atoms with Gasteiger partial charge in [-0.05, 0) is 41.3 Å². The van der Waals surface area contributed by atoms with E-state index in [9.17, 15) is 4.39 Å². The molecule has 1 aromatic heterocycles. The highest BCUT2D eigenvalue weighted by Crippen LogP contribution is 2.15. The van der Waals surface area contributed by atoms with Crippen molar-refractivity contribution in [1.82, 2.24) is 4.98 Å². The standard InChI is InChI=1S/C13H13FN2/c14-13-4-3-11(8-15)12(7-13)6-10-2-1-5-16-9-10/h1-5,7,9H,6,8,15H2. The summed E-state index contributed by atoms with van der Waals surface area (Å²) in [5.74, 6) is -0.226. The Morgan fingerprint density at radius 2 is 2.06 bits per heavy atom. The second kappa shape index (κ2) is 4.86. The van der Waals surface area contributed by atoms with Crippen LogP contribution >= 0.6 is 0 Å². The van der Waals surface area contributed by atoms with Crippen molar-refractivity contribution in [1.29, 1.82) is 0 Å². The first-order valence-corrected chi connectivity index (χ1v) is 5.16. The third-order valence-corrected chi connectivity index (χ3v) is 2.51. The van der Waals surface area contributed by atoms with Crippen LogP contribution in [0.25, 0.3) is 0 Å². The molecule has 2 rings (SSSR count). The average Bonchev–Trinajstić information content (AvgIpc) is 2.31. The Hall–Kier alpha value is -1.74. The number of aromatic nitrogens is 1. The summed E-state index contributed by atoms with van der Waals surface area (Å²) in [4.78, 5) is 4.03. The molecule has 0 aliphatic heterocycles. The van der Waals surface area contributed by atoms with Gasteiger partial charge >= 0.3 is 0 Å². The Kier molecular flexibility index (Phi) is 3.27. The Bertz CT molecular complexity index is 469. The molecule has 16 heavy (non-hydrogen) atoms. The van der Waals surface area contributed by atoms with Crippen molar-refractivity contribution in [2.45, 2.75) is 13.0 Å². The zero-order valence-electron chi connectivity index (χ0n) is 8.86. The molecular formula is C13H13FN2. The smallest absolute Gasteiger partial charge is 0.123 e. The van der Waals surface area contributed by atoms with E-state index in [0.29, 0.717) is 13.0 Å². The lowest BCUT2D eigenvalue weighted by Gasteiger charge is -2.07. The number of halogens is 1. The molecule has 82 valence electrons. The van der Waals surface area contributed by atoms with Crippen molar-refractivity contribution in [3.05, 3.63) is 65.2 Å². The molecule has 2 N–H and O–H groups in total. The maximum atomic E-state index is 13.1. The molecule has 0 aliphatic rings. The van der Waals surface area contributed by atoms with Crippen molar-refractivity contribution in [3.63, 3.8) is 0 Å². The molecule has 0 bridgehead atoms. The molecule has 1 heterocycles. The highest BCUT2D eigenvalue weighted by Gasteiger charge is 2.04. The summed E-state index contributed by atoms with van der Waals surface area (Å²) in [6, 6.07) is 8.56. The molecule has 0 amide bonds. The van der Waals surface area contributed by atoms with Gasteiger partial charge < -0.3 is 5.73 Å². The van der Waals surface area contributed by atoms with Crippen molar-refractivity contribution in [2.75, 3.05) is 0 Å². The molecule has 0 atom stereocenters. The first kappa shape index (κ1) is 10.8. The summed E-state index contributed by atoms with van der Waals surface area (Å²) in [7, 11) is 0. The third-order valence-electron chi connectivity index (χ3n) is 2.51. The quantitative estimate of drug-likeness (QED) is 0.854. The normalized spacial score (nSPS) is 10.4. The molecule has 0 saturated carbocycles. The lowest BCUT2D eigenvalue weighted by Crippen LogP contribution is -2.03. The van der Waals surface area contributed by atoms with Gasteiger partial charge in [0.1, 0.15) is 5.82 Å². The molecule has 0 radical (unpaired) electrons. The number of pyridine rings is 1. The van der Waals surface area contributed by atoms with Gasteiger partial charge in [-0.15, -0.1) is 0 Å². The minimum atomic E-state index is -0.226. The second-order valence-electron chi connectivity index (χ2n) is 3.66. The monoisotopic (exact) mass is 216 g/mol. The molecule has 0 spiro atoms. The average molecular weight is 216 g/mol. The van der Waals surface area contributed by atoms with E-state index in [1.54, 1.807) is 18.5 Å². The lowest BCUT2D eigenvalue weighted by molar-refractivity contribution is 0.625. The topological polar surface area (TPSA) is 38.9 Å². The summed E-state index contributed by atoms with van der Waals surface area (Å²) < 4.78 is 13.1. The SMILES string of the molecule is NCc1ccc(F)cc1Cc1cccnc1. The Morgan fingerprint density at radius 3 is 2.75 bits per heavy atom. The predicted octanol–water partition coefficient (Wildman–Crippen LogP) is 2.27. The van der Waals surface area contributed by atoms with Gasteiger partial charge in [0, 0.05) is 18.9 Å². The van der Waals surface area contributed by atoms with Gasteiger partial charge in [-0.1, -0.05) is 12.1 Å². The van der Waals surface area contributed by atoms with E-state index in [4.69, 9.17) is 5.73 Å². The second-order valence-corrected chi connectivity index (χ2v) is 3.66. The summed E-state index contributed by atoms with van der Waals surface area (Å²) in [5.41, 5.74) is 8.58. The van der Waals surface area contributed by atoms with Gasteiger partial charge in [0.2, 0.25) is 0 Å². The molecule has 0 fully saturated rings. The Morgan fingerprint density at radius 1 is 1.19 bits per heavy atom. The fourth-order valence-corrected chi connectivity index (χ4v) is 1.68. The van der Waals surface area contributed by atoms with E-state index in [-0.39, 0.29) is 5.82 Å².